The fraction of sp³-hybridized carbons (Fsp3) is 0. The van der Waals surface area contributed by atoms with E-state index in [2.05, 4.69) is 26.5 Å². The second-order valence-electron chi connectivity index (χ2n) is 4.56. The maximum atomic E-state index is 12.1. The Morgan fingerprint density at radius 1 is 1.18 bits per heavy atom. The van der Waals surface area contributed by atoms with Crippen molar-refractivity contribution in [1.82, 2.24) is 5.43 Å². The van der Waals surface area contributed by atoms with Gasteiger partial charge >= 0.3 is 0 Å². The fourth-order valence-corrected chi connectivity index (χ4v) is 2.34. The average Bonchev–Trinajstić information content (AvgIpc) is 2.92. The number of fused-ring (bicyclic) bond motifs is 1. The number of halogens is 1. The molecule has 0 atom stereocenters. The lowest BCUT2D eigenvalue weighted by atomic mass is 10.1. The van der Waals surface area contributed by atoms with Gasteiger partial charge in [0, 0.05) is 0 Å². The number of nitrogens with zero attached hydrogens (tertiary/aromatic N) is 1. The van der Waals surface area contributed by atoms with Crippen LogP contribution in [0.25, 0.3) is 10.8 Å². The molecule has 0 unspecified atom stereocenters. The average molecular weight is 359 g/mol. The SMILES string of the molecule is O=C(NN=Cc1ccc(Br)o1)c1cc2ccccc2cc1O. The first-order valence-electron chi connectivity index (χ1n) is 6.44. The molecule has 0 fully saturated rings. The van der Waals surface area contributed by atoms with Crippen LogP contribution < -0.4 is 5.43 Å². The molecule has 0 aliphatic rings. The lowest BCUT2D eigenvalue weighted by molar-refractivity contribution is 0.0952. The van der Waals surface area contributed by atoms with Gasteiger partial charge in [-0.2, -0.15) is 5.10 Å². The molecule has 22 heavy (non-hydrogen) atoms. The van der Waals surface area contributed by atoms with Crippen molar-refractivity contribution in [1.29, 1.82) is 0 Å². The second-order valence-corrected chi connectivity index (χ2v) is 5.34. The molecule has 0 aliphatic carbocycles. The van der Waals surface area contributed by atoms with Crippen molar-refractivity contribution in [3.05, 3.63) is 64.5 Å². The first-order chi connectivity index (χ1) is 10.6. The number of carbonyl (C=O) groups is 1. The van der Waals surface area contributed by atoms with Gasteiger partial charge in [-0.25, -0.2) is 5.43 Å². The van der Waals surface area contributed by atoms with E-state index < -0.39 is 5.91 Å². The third-order valence-electron chi connectivity index (χ3n) is 3.06. The molecule has 6 heteroatoms. The zero-order chi connectivity index (χ0) is 15.5. The lowest BCUT2D eigenvalue weighted by Crippen LogP contribution is -2.17. The molecule has 2 N–H and O–H groups in total. The van der Waals surface area contributed by atoms with Crippen molar-refractivity contribution in [2.75, 3.05) is 0 Å². The molecule has 3 aromatic rings. The van der Waals surface area contributed by atoms with Crippen LogP contribution in [0, 0.1) is 0 Å². The van der Waals surface area contributed by atoms with Crippen LogP contribution in [0.5, 0.6) is 5.75 Å². The van der Waals surface area contributed by atoms with Gasteiger partial charge in [0.25, 0.3) is 5.91 Å². The summed E-state index contributed by atoms with van der Waals surface area (Å²) in [7, 11) is 0. The molecule has 0 bridgehead atoms. The van der Waals surface area contributed by atoms with Crippen molar-refractivity contribution in [3.8, 4) is 5.75 Å². The number of nitrogens with one attached hydrogen (secondary N) is 1. The Kier molecular flexibility index (Phi) is 3.93. The van der Waals surface area contributed by atoms with Gasteiger partial charge in [0.1, 0.15) is 11.5 Å². The van der Waals surface area contributed by atoms with Crippen LogP contribution in [0.1, 0.15) is 16.1 Å². The van der Waals surface area contributed by atoms with Crippen LogP contribution >= 0.6 is 15.9 Å². The standard InChI is InChI=1S/C16H11BrN2O3/c17-15-6-5-12(22-15)9-18-19-16(21)13-7-10-3-1-2-4-11(10)8-14(13)20/h1-9,20H,(H,19,21). The molecule has 2 aromatic carbocycles. The van der Waals surface area contributed by atoms with Crippen molar-refractivity contribution >= 4 is 38.8 Å². The normalized spacial score (nSPS) is 11.1. The largest absolute Gasteiger partial charge is 0.507 e. The summed E-state index contributed by atoms with van der Waals surface area (Å²) >= 11 is 3.17. The summed E-state index contributed by atoms with van der Waals surface area (Å²) in [4.78, 5) is 12.1. The highest BCUT2D eigenvalue weighted by atomic mass is 79.9. The molecule has 0 saturated carbocycles. The van der Waals surface area contributed by atoms with Gasteiger partial charge in [-0.15, -0.1) is 0 Å². The summed E-state index contributed by atoms with van der Waals surface area (Å²) in [6, 6.07) is 14.1. The highest BCUT2D eigenvalue weighted by Crippen LogP contribution is 2.24. The van der Waals surface area contributed by atoms with Crippen molar-refractivity contribution in [3.63, 3.8) is 0 Å². The highest BCUT2D eigenvalue weighted by molar-refractivity contribution is 9.10. The fourth-order valence-electron chi connectivity index (χ4n) is 2.02. The molecule has 5 nitrogen and oxygen atoms in total. The Morgan fingerprint density at radius 3 is 2.59 bits per heavy atom. The summed E-state index contributed by atoms with van der Waals surface area (Å²) in [5.74, 6) is -0.0906. The number of phenols is 1. The number of phenolic OH excluding ortho intramolecular Hbond substituents is 1. The molecular formula is C16H11BrN2O3. The van der Waals surface area contributed by atoms with E-state index in [0.717, 1.165) is 10.8 Å². The smallest absolute Gasteiger partial charge is 0.275 e. The first kappa shape index (κ1) is 14.3. The van der Waals surface area contributed by atoms with E-state index in [1.807, 2.05) is 24.3 Å². The summed E-state index contributed by atoms with van der Waals surface area (Å²) in [6.45, 7) is 0. The van der Waals surface area contributed by atoms with Crippen molar-refractivity contribution < 1.29 is 14.3 Å². The number of carbonyl (C=O) groups excluding carboxylic acids is 1. The predicted molar refractivity (Wildman–Crippen MR) is 87.1 cm³/mol. The molecule has 1 aromatic heterocycles. The number of hydrogen-bond acceptors (Lipinski definition) is 4. The van der Waals surface area contributed by atoms with E-state index in [0.29, 0.717) is 10.4 Å². The molecule has 110 valence electrons. The molecule has 0 aliphatic heterocycles. The first-order valence-corrected chi connectivity index (χ1v) is 7.23. The maximum Gasteiger partial charge on any atom is 0.275 e. The summed E-state index contributed by atoms with van der Waals surface area (Å²) in [5.41, 5.74) is 2.52. The van der Waals surface area contributed by atoms with Gasteiger partial charge in [0.15, 0.2) is 4.67 Å². The van der Waals surface area contributed by atoms with Gasteiger partial charge < -0.3 is 9.52 Å². The van der Waals surface area contributed by atoms with Crippen LogP contribution in [0.2, 0.25) is 0 Å². The summed E-state index contributed by atoms with van der Waals surface area (Å²) in [6.07, 6.45) is 1.38. The minimum Gasteiger partial charge on any atom is -0.507 e. The topological polar surface area (TPSA) is 74.8 Å². The lowest BCUT2D eigenvalue weighted by Gasteiger charge is -2.05. The van der Waals surface area contributed by atoms with Crippen molar-refractivity contribution in [2.24, 2.45) is 5.10 Å². The zero-order valence-electron chi connectivity index (χ0n) is 11.3. The van der Waals surface area contributed by atoms with E-state index in [-0.39, 0.29) is 11.3 Å². The number of hydrazone groups is 1. The molecule has 0 radical (unpaired) electrons. The van der Waals surface area contributed by atoms with Crippen molar-refractivity contribution in [2.45, 2.75) is 0 Å². The second kappa shape index (κ2) is 6.03. The van der Waals surface area contributed by atoms with Crippen LogP contribution in [-0.2, 0) is 0 Å². The monoisotopic (exact) mass is 358 g/mol. The Hall–Kier alpha value is -2.60. The Labute approximate surface area is 134 Å². The molecule has 3 rings (SSSR count). The van der Waals surface area contributed by atoms with Gasteiger partial charge in [-0.3, -0.25) is 4.79 Å². The van der Waals surface area contributed by atoms with E-state index in [9.17, 15) is 9.90 Å². The predicted octanol–water partition coefficient (Wildman–Crippen LogP) is 3.66. The molecule has 0 saturated heterocycles. The number of aromatic hydroxyl groups is 1. The molecule has 1 heterocycles. The summed E-state index contributed by atoms with van der Waals surface area (Å²) < 4.78 is 5.80. The van der Waals surface area contributed by atoms with Crippen LogP contribution in [0.15, 0.2) is 62.7 Å². The van der Waals surface area contributed by atoms with Crippen LogP contribution in [0.3, 0.4) is 0 Å². The minimum absolute atomic E-state index is 0.0906. The molecular weight excluding hydrogens is 348 g/mol. The van der Waals surface area contributed by atoms with Crippen LogP contribution in [-0.4, -0.2) is 17.2 Å². The highest BCUT2D eigenvalue weighted by Gasteiger charge is 2.11. The number of hydrogen-bond donors (Lipinski definition) is 2. The van der Waals surface area contributed by atoms with Gasteiger partial charge in [0.05, 0.1) is 11.8 Å². The minimum atomic E-state index is -0.495. The molecule has 1 amide bonds. The number of rotatable bonds is 3. The Bertz CT molecular complexity index is 871. The van der Waals surface area contributed by atoms with E-state index >= 15 is 0 Å². The van der Waals surface area contributed by atoms with E-state index in [1.54, 1.807) is 24.3 Å². The zero-order valence-corrected chi connectivity index (χ0v) is 12.9. The Balaban J connectivity index is 1.80. The van der Waals surface area contributed by atoms with E-state index in [4.69, 9.17) is 4.42 Å². The molecule has 0 spiro atoms. The summed E-state index contributed by atoms with van der Waals surface area (Å²) in [5, 5.41) is 15.5. The quantitative estimate of drug-likeness (QED) is 0.554. The van der Waals surface area contributed by atoms with Crippen LogP contribution in [0.4, 0.5) is 0 Å². The van der Waals surface area contributed by atoms with Gasteiger partial charge in [-0.1, -0.05) is 24.3 Å². The number of furan rings is 1. The number of amides is 1. The number of benzene rings is 2. The third-order valence-corrected chi connectivity index (χ3v) is 3.49. The van der Waals surface area contributed by atoms with Gasteiger partial charge in [0.2, 0.25) is 0 Å². The Morgan fingerprint density at radius 2 is 1.91 bits per heavy atom. The van der Waals surface area contributed by atoms with Gasteiger partial charge in [-0.05, 0) is 51.0 Å². The third kappa shape index (κ3) is 3.01. The van der Waals surface area contributed by atoms with E-state index in [1.165, 1.54) is 6.21 Å². The maximum absolute atomic E-state index is 12.1.